The molecule has 0 fully saturated rings. The van der Waals surface area contributed by atoms with Crippen LogP contribution in [0.4, 0.5) is 0 Å². The molecule has 7 nitrogen and oxygen atoms in total. The van der Waals surface area contributed by atoms with Crippen molar-refractivity contribution in [2.45, 2.75) is 46.3 Å². The zero-order valence-electron chi connectivity index (χ0n) is 18.9. The molecule has 7 heteroatoms. The first-order chi connectivity index (χ1) is 15.6. The normalized spacial score (nSPS) is 12.0. The van der Waals surface area contributed by atoms with Crippen LogP contribution in [0.15, 0.2) is 53.3 Å². The van der Waals surface area contributed by atoms with Gasteiger partial charge in [-0.3, -0.25) is 9.36 Å². The van der Waals surface area contributed by atoms with Gasteiger partial charge in [0.05, 0.1) is 24.1 Å². The number of aryl methyl sites for hydroxylation is 1. The van der Waals surface area contributed by atoms with Gasteiger partial charge in [-0.2, -0.15) is 0 Å². The Hall–Kier alpha value is -3.19. The highest BCUT2D eigenvalue weighted by Crippen LogP contribution is 2.15. The second-order valence-electron chi connectivity index (χ2n) is 7.25. The molecule has 0 radical (unpaired) electrons. The minimum absolute atomic E-state index is 0.0488. The molecule has 0 amide bonds. The van der Waals surface area contributed by atoms with Crippen molar-refractivity contribution in [3.05, 3.63) is 70.3 Å². The number of hydrogen-bond acceptors (Lipinski definition) is 6. The van der Waals surface area contributed by atoms with E-state index in [2.05, 4.69) is 4.98 Å². The van der Waals surface area contributed by atoms with Crippen molar-refractivity contribution in [1.82, 2.24) is 9.55 Å². The molecule has 0 aliphatic heterocycles. The summed E-state index contributed by atoms with van der Waals surface area (Å²) in [5, 5.41) is 0.611. The van der Waals surface area contributed by atoms with E-state index in [0.29, 0.717) is 50.3 Å². The van der Waals surface area contributed by atoms with Crippen molar-refractivity contribution < 1.29 is 19.0 Å². The molecule has 0 bridgehead atoms. The Kier molecular flexibility index (Phi) is 8.39. The summed E-state index contributed by atoms with van der Waals surface area (Å²) in [7, 11) is 0. The number of ether oxygens (including phenoxy) is 3. The number of carbonyl (C=O) groups excluding carboxylic acids is 1. The lowest BCUT2D eigenvalue weighted by Crippen LogP contribution is -2.29. The fourth-order valence-corrected chi connectivity index (χ4v) is 3.55. The summed E-state index contributed by atoms with van der Waals surface area (Å²) in [6.45, 7) is 7.13. The molecular weight excluding hydrogens is 408 g/mol. The Morgan fingerprint density at radius 1 is 1.03 bits per heavy atom. The Morgan fingerprint density at radius 2 is 1.78 bits per heavy atom. The number of nitrogens with zero attached hydrogens (tertiary/aromatic N) is 2. The van der Waals surface area contributed by atoms with Gasteiger partial charge in [0.25, 0.3) is 5.56 Å². The molecule has 3 rings (SSSR count). The van der Waals surface area contributed by atoms with Crippen LogP contribution in [-0.2, 0) is 33.7 Å². The number of aromatic nitrogens is 2. The smallest absolute Gasteiger partial charge is 0.335 e. The van der Waals surface area contributed by atoms with Crippen molar-refractivity contribution in [3.8, 4) is 5.75 Å². The molecule has 3 aromatic rings. The Morgan fingerprint density at radius 3 is 2.47 bits per heavy atom. The number of esters is 1. The van der Waals surface area contributed by atoms with E-state index in [1.807, 2.05) is 56.3 Å². The average Bonchev–Trinajstić information content (AvgIpc) is 2.81. The highest BCUT2D eigenvalue weighted by molar-refractivity contribution is 5.77. The van der Waals surface area contributed by atoms with E-state index in [9.17, 15) is 9.59 Å². The molecule has 0 aliphatic rings. The highest BCUT2D eigenvalue weighted by Gasteiger charge is 2.20. The number of hydrogen-bond donors (Lipinski definition) is 0. The van der Waals surface area contributed by atoms with Crippen LogP contribution in [0, 0.1) is 0 Å². The topological polar surface area (TPSA) is 79.7 Å². The largest absolute Gasteiger partial charge is 0.492 e. The van der Waals surface area contributed by atoms with E-state index >= 15 is 0 Å². The average molecular weight is 439 g/mol. The van der Waals surface area contributed by atoms with E-state index in [-0.39, 0.29) is 11.5 Å². The lowest BCUT2D eigenvalue weighted by Gasteiger charge is -2.16. The molecule has 1 heterocycles. The predicted molar refractivity (Wildman–Crippen MR) is 123 cm³/mol. The predicted octanol–water partition coefficient (Wildman–Crippen LogP) is 3.55. The van der Waals surface area contributed by atoms with Gasteiger partial charge >= 0.3 is 5.97 Å². The van der Waals surface area contributed by atoms with Crippen LogP contribution in [0.2, 0.25) is 0 Å². The van der Waals surface area contributed by atoms with Crippen LogP contribution in [0.25, 0.3) is 10.9 Å². The van der Waals surface area contributed by atoms with Gasteiger partial charge in [0, 0.05) is 19.4 Å². The van der Waals surface area contributed by atoms with Crippen LogP contribution >= 0.6 is 0 Å². The third kappa shape index (κ3) is 5.73. The van der Waals surface area contributed by atoms with Crippen molar-refractivity contribution >= 4 is 16.9 Å². The number of rotatable bonds is 11. The summed E-state index contributed by atoms with van der Waals surface area (Å²) < 4.78 is 18.1. The molecule has 0 unspecified atom stereocenters. The van der Waals surface area contributed by atoms with Crippen molar-refractivity contribution in [2.24, 2.45) is 0 Å². The quantitative estimate of drug-likeness (QED) is 0.426. The molecule has 0 saturated carbocycles. The minimum atomic E-state index is -0.619. The number of fused-ring (bicyclic) bond motifs is 1. The molecule has 2 aromatic carbocycles. The van der Waals surface area contributed by atoms with Crippen LogP contribution in [0.5, 0.6) is 5.75 Å². The number of carbonyl (C=O) groups is 1. The minimum Gasteiger partial charge on any atom is -0.492 e. The lowest BCUT2D eigenvalue weighted by molar-refractivity contribution is -0.156. The first-order valence-corrected chi connectivity index (χ1v) is 11.1. The first kappa shape index (κ1) is 23.5. The van der Waals surface area contributed by atoms with Crippen molar-refractivity contribution in [2.75, 3.05) is 19.8 Å². The maximum Gasteiger partial charge on any atom is 0.335 e. The van der Waals surface area contributed by atoms with Gasteiger partial charge in [-0.1, -0.05) is 31.2 Å². The molecule has 0 saturated heterocycles. The first-order valence-electron chi connectivity index (χ1n) is 11.1. The van der Waals surface area contributed by atoms with Gasteiger partial charge in [-0.05, 0) is 43.7 Å². The second-order valence-corrected chi connectivity index (χ2v) is 7.25. The zero-order chi connectivity index (χ0) is 22.9. The highest BCUT2D eigenvalue weighted by atomic mass is 16.6. The van der Waals surface area contributed by atoms with E-state index in [0.717, 1.165) is 16.9 Å². The van der Waals surface area contributed by atoms with Gasteiger partial charge in [-0.25, -0.2) is 9.78 Å². The lowest BCUT2D eigenvalue weighted by atomic mass is 10.1. The Bertz CT molecular complexity index is 1090. The van der Waals surface area contributed by atoms with E-state index < -0.39 is 6.10 Å². The summed E-state index contributed by atoms with van der Waals surface area (Å²) in [5.41, 5.74) is 1.62. The van der Waals surface area contributed by atoms with Gasteiger partial charge in [0.2, 0.25) is 0 Å². The Balaban J connectivity index is 1.63. The maximum absolute atomic E-state index is 12.9. The summed E-state index contributed by atoms with van der Waals surface area (Å²) >= 11 is 0. The summed E-state index contributed by atoms with van der Waals surface area (Å²) in [4.78, 5) is 29.5. The summed E-state index contributed by atoms with van der Waals surface area (Å²) in [5.74, 6) is 1.09. The molecule has 32 heavy (non-hydrogen) atoms. The van der Waals surface area contributed by atoms with E-state index in [1.165, 1.54) is 0 Å². The maximum atomic E-state index is 12.9. The van der Waals surface area contributed by atoms with Crippen LogP contribution in [-0.4, -0.2) is 41.4 Å². The van der Waals surface area contributed by atoms with Crippen LogP contribution in [0.1, 0.15) is 32.2 Å². The molecule has 0 N–H and O–H groups in total. The Labute approximate surface area is 187 Å². The molecule has 1 aromatic heterocycles. The molecular formula is C25H30N2O5. The summed E-state index contributed by atoms with van der Waals surface area (Å²) in [6, 6.07) is 14.9. The third-order valence-corrected chi connectivity index (χ3v) is 5.10. The van der Waals surface area contributed by atoms with Crippen LogP contribution in [0.3, 0.4) is 0 Å². The monoisotopic (exact) mass is 438 g/mol. The fourth-order valence-electron chi connectivity index (χ4n) is 3.55. The van der Waals surface area contributed by atoms with Gasteiger partial charge in [0.1, 0.15) is 18.2 Å². The third-order valence-electron chi connectivity index (χ3n) is 5.10. The van der Waals surface area contributed by atoms with E-state index in [1.54, 1.807) is 17.6 Å². The standard InChI is InChI=1S/C25H30N2O5/c1-4-23-26-21-10-8-7-9-20(21)24(28)27(23)15-16-32-19-13-11-18(12-14-19)17-22(30-5-2)25(29)31-6-3/h7-14,22H,4-6,15-17H2,1-3H3/t22-/m0/s1. The number of para-hydroxylation sites is 1. The molecule has 1 atom stereocenters. The molecule has 0 spiro atoms. The zero-order valence-corrected chi connectivity index (χ0v) is 18.9. The second kappa shape index (κ2) is 11.4. The van der Waals surface area contributed by atoms with Gasteiger partial charge in [0.15, 0.2) is 6.10 Å². The van der Waals surface area contributed by atoms with Crippen molar-refractivity contribution in [1.29, 1.82) is 0 Å². The summed E-state index contributed by atoms with van der Waals surface area (Å²) in [6.07, 6.45) is 0.479. The number of benzene rings is 2. The molecule has 0 aliphatic carbocycles. The van der Waals surface area contributed by atoms with E-state index in [4.69, 9.17) is 14.2 Å². The van der Waals surface area contributed by atoms with Gasteiger partial charge in [-0.15, -0.1) is 0 Å². The molecule has 170 valence electrons. The van der Waals surface area contributed by atoms with Crippen LogP contribution < -0.4 is 10.3 Å². The fraction of sp³-hybridized carbons (Fsp3) is 0.400. The SMILES string of the molecule is CCOC(=O)[C@H](Cc1ccc(OCCn2c(CC)nc3ccccc3c2=O)cc1)OCC. The van der Waals surface area contributed by atoms with Crippen molar-refractivity contribution in [3.63, 3.8) is 0 Å². The van der Waals surface area contributed by atoms with Gasteiger partial charge < -0.3 is 14.2 Å².